The topological polar surface area (TPSA) is 159 Å². The average Bonchev–Trinajstić information content (AvgIpc) is 3.02. The number of hydrogen-bond donors (Lipinski definition) is 0. The van der Waals surface area contributed by atoms with E-state index in [2.05, 4.69) is 4.74 Å². The van der Waals surface area contributed by atoms with E-state index in [1.165, 1.54) is 18.2 Å². The lowest BCUT2D eigenvalue weighted by molar-refractivity contribution is -0.394. The van der Waals surface area contributed by atoms with Crippen molar-refractivity contribution in [2.75, 3.05) is 13.7 Å². The number of carbonyl (C=O) groups is 3. The van der Waals surface area contributed by atoms with Gasteiger partial charge in [-0.05, 0) is 41.6 Å². The summed E-state index contributed by atoms with van der Waals surface area (Å²) in [6, 6.07) is 9.03. The molecule has 0 atom stereocenters. The lowest BCUT2D eigenvalue weighted by Gasteiger charge is -2.09. The SMILES string of the molecule is COC(=O)CN1C(=O)S/C(=C\c2ccc(Oc3ccc([N+](=O)[O-])cc3[N+](=O)[O-])cc2)C1=O. The predicted molar refractivity (Wildman–Crippen MR) is 111 cm³/mol. The zero-order valence-corrected chi connectivity index (χ0v) is 17.1. The molecule has 0 radical (unpaired) electrons. The summed E-state index contributed by atoms with van der Waals surface area (Å²) in [6.45, 7) is -0.487. The summed E-state index contributed by atoms with van der Waals surface area (Å²) in [5, 5.41) is 21.4. The summed E-state index contributed by atoms with van der Waals surface area (Å²) in [5.74, 6) is -1.34. The summed E-state index contributed by atoms with van der Waals surface area (Å²) >= 11 is 0.674. The number of nitro benzene ring substituents is 2. The van der Waals surface area contributed by atoms with Crippen LogP contribution in [-0.4, -0.2) is 45.5 Å². The van der Waals surface area contributed by atoms with Gasteiger partial charge >= 0.3 is 11.7 Å². The van der Waals surface area contributed by atoms with Crippen LogP contribution in [0.2, 0.25) is 0 Å². The third-order valence-corrected chi connectivity index (χ3v) is 5.05. The number of non-ortho nitro benzene ring substituents is 1. The number of methoxy groups -OCH3 is 1. The van der Waals surface area contributed by atoms with E-state index < -0.39 is 44.9 Å². The number of esters is 1. The smallest absolute Gasteiger partial charge is 0.325 e. The molecule has 0 saturated carbocycles. The van der Waals surface area contributed by atoms with Gasteiger partial charge in [-0.3, -0.25) is 39.5 Å². The second-order valence-corrected chi connectivity index (χ2v) is 7.17. The first-order valence-corrected chi connectivity index (χ1v) is 9.54. The predicted octanol–water partition coefficient (Wildman–Crippen LogP) is 3.50. The molecule has 13 heteroatoms. The number of rotatable bonds is 7. The van der Waals surface area contributed by atoms with Gasteiger partial charge in [-0.25, -0.2) is 0 Å². The maximum absolute atomic E-state index is 12.3. The molecule has 1 saturated heterocycles. The lowest BCUT2D eigenvalue weighted by Crippen LogP contribution is -2.34. The van der Waals surface area contributed by atoms with E-state index in [0.29, 0.717) is 17.3 Å². The van der Waals surface area contributed by atoms with E-state index in [0.717, 1.165) is 30.2 Å². The molecule has 0 spiro atoms. The molecule has 1 aliphatic heterocycles. The van der Waals surface area contributed by atoms with Gasteiger partial charge in [0.25, 0.3) is 16.8 Å². The van der Waals surface area contributed by atoms with Gasteiger partial charge in [0.05, 0.1) is 27.9 Å². The Balaban J connectivity index is 1.77. The molecular formula is C19H13N3O9S. The molecule has 0 N–H and O–H groups in total. The van der Waals surface area contributed by atoms with Gasteiger partial charge < -0.3 is 9.47 Å². The zero-order valence-electron chi connectivity index (χ0n) is 16.3. The van der Waals surface area contributed by atoms with Crippen LogP contribution >= 0.6 is 11.8 Å². The number of ether oxygens (including phenoxy) is 2. The zero-order chi connectivity index (χ0) is 23.4. The van der Waals surface area contributed by atoms with Crippen LogP contribution in [-0.2, 0) is 14.3 Å². The van der Waals surface area contributed by atoms with E-state index in [1.54, 1.807) is 12.1 Å². The minimum atomic E-state index is -0.791. The maximum atomic E-state index is 12.3. The molecule has 0 aromatic heterocycles. The lowest BCUT2D eigenvalue weighted by atomic mass is 10.2. The maximum Gasteiger partial charge on any atom is 0.325 e. The van der Waals surface area contributed by atoms with Gasteiger partial charge in [0, 0.05) is 6.07 Å². The first-order chi connectivity index (χ1) is 15.2. The minimum Gasteiger partial charge on any atom is -0.468 e. The number of hydrogen-bond acceptors (Lipinski definition) is 10. The Hall–Kier alpha value is -4.26. The third-order valence-electron chi connectivity index (χ3n) is 4.14. The van der Waals surface area contributed by atoms with Crippen LogP contribution in [0.1, 0.15) is 5.56 Å². The summed E-state index contributed by atoms with van der Waals surface area (Å²) in [6.07, 6.45) is 1.44. The summed E-state index contributed by atoms with van der Waals surface area (Å²) in [4.78, 5) is 57.0. The van der Waals surface area contributed by atoms with Crippen LogP contribution < -0.4 is 4.74 Å². The summed E-state index contributed by atoms with van der Waals surface area (Å²) in [5.41, 5.74) is -0.484. The van der Waals surface area contributed by atoms with Gasteiger partial charge in [-0.1, -0.05) is 12.1 Å². The number of carbonyl (C=O) groups excluding carboxylic acids is 3. The summed E-state index contributed by atoms with van der Waals surface area (Å²) in [7, 11) is 1.15. The number of thioether (sulfide) groups is 1. The molecule has 164 valence electrons. The van der Waals surface area contributed by atoms with Crippen molar-refractivity contribution < 1.29 is 33.7 Å². The molecule has 2 aromatic rings. The van der Waals surface area contributed by atoms with Crippen molar-refractivity contribution in [2.24, 2.45) is 0 Å². The van der Waals surface area contributed by atoms with Crippen LogP contribution in [0, 0.1) is 20.2 Å². The molecule has 0 bridgehead atoms. The monoisotopic (exact) mass is 459 g/mol. The van der Waals surface area contributed by atoms with Crippen LogP contribution in [0.25, 0.3) is 6.08 Å². The van der Waals surface area contributed by atoms with Crippen molar-refractivity contribution >= 4 is 46.3 Å². The number of benzene rings is 2. The van der Waals surface area contributed by atoms with E-state index in [-0.39, 0.29) is 16.4 Å². The Bertz CT molecular complexity index is 1160. The van der Waals surface area contributed by atoms with Crippen LogP contribution in [0.15, 0.2) is 47.4 Å². The number of nitrogens with zero attached hydrogens (tertiary/aromatic N) is 3. The first kappa shape index (κ1) is 22.4. The fourth-order valence-electron chi connectivity index (χ4n) is 2.59. The number of amides is 2. The molecule has 0 aliphatic carbocycles. The molecule has 1 heterocycles. The standard InChI is InChI=1S/C19H13N3O9S/c1-30-17(23)10-20-18(24)16(32-19(20)25)8-11-2-5-13(6-3-11)31-15-7-4-12(21(26)27)9-14(15)22(28)29/h2-9H,10H2,1H3/b16-8-. The molecule has 32 heavy (non-hydrogen) atoms. The molecule has 2 aromatic carbocycles. The number of imide groups is 1. The molecule has 2 amide bonds. The third kappa shape index (κ3) is 4.89. The normalized spacial score (nSPS) is 14.5. The van der Waals surface area contributed by atoms with Crippen molar-refractivity contribution in [2.45, 2.75) is 0 Å². The van der Waals surface area contributed by atoms with Crippen molar-refractivity contribution in [3.8, 4) is 11.5 Å². The largest absolute Gasteiger partial charge is 0.468 e. The van der Waals surface area contributed by atoms with Crippen LogP contribution in [0.5, 0.6) is 11.5 Å². The highest BCUT2D eigenvalue weighted by Gasteiger charge is 2.36. The van der Waals surface area contributed by atoms with Gasteiger partial charge in [0.2, 0.25) is 5.75 Å². The molecule has 3 rings (SSSR count). The van der Waals surface area contributed by atoms with Gasteiger partial charge in [0.1, 0.15) is 12.3 Å². The van der Waals surface area contributed by atoms with Crippen LogP contribution in [0.4, 0.5) is 16.2 Å². The fraction of sp³-hybridized carbons (Fsp3) is 0.105. The molecular weight excluding hydrogens is 446 g/mol. The van der Waals surface area contributed by atoms with Crippen molar-refractivity contribution in [3.63, 3.8) is 0 Å². The Labute approximate surface area is 183 Å². The van der Waals surface area contributed by atoms with Crippen molar-refractivity contribution in [1.29, 1.82) is 0 Å². The minimum absolute atomic E-state index is 0.110. The van der Waals surface area contributed by atoms with E-state index in [4.69, 9.17) is 4.74 Å². The quantitative estimate of drug-likeness (QED) is 0.259. The van der Waals surface area contributed by atoms with E-state index in [1.807, 2.05) is 0 Å². The fourth-order valence-corrected chi connectivity index (χ4v) is 3.43. The Morgan fingerprint density at radius 1 is 1.09 bits per heavy atom. The van der Waals surface area contributed by atoms with Gasteiger partial charge in [-0.2, -0.15) is 0 Å². The Morgan fingerprint density at radius 3 is 2.38 bits per heavy atom. The van der Waals surface area contributed by atoms with E-state index >= 15 is 0 Å². The molecule has 1 fully saturated rings. The highest BCUT2D eigenvalue weighted by molar-refractivity contribution is 8.18. The second kappa shape index (κ2) is 9.26. The van der Waals surface area contributed by atoms with E-state index in [9.17, 15) is 34.6 Å². The van der Waals surface area contributed by atoms with Gasteiger partial charge in [-0.15, -0.1) is 0 Å². The first-order valence-electron chi connectivity index (χ1n) is 8.72. The Kier molecular flexibility index (Phi) is 6.49. The molecule has 0 unspecified atom stereocenters. The second-order valence-electron chi connectivity index (χ2n) is 6.18. The number of nitro groups is 2. The average molecular weight is 459 g/mol. The van der Waals surface area contributed by atoms with Crippen LogP contribution in [0.3, 0.4) is 0 Å². The highest BCUT2D eigenvalue weighted by Crippen LogP contribution is 2.35. The highest BCUT2D eigenvalue weighted by atomic mass is 32.2. The Morgan fingerprint density at radius 2 is 1.78 bits per heavy atom. The van der Waals surface area contributed by atoms with Gasteiger partial charge in [0.15, 0.2) is 0 Å². The molecule has 12 nitrogen and oxygen atoms in total. The molecule has 1 aliphatic rings. The van der Waals surface area contributed by atoms with Crippen molar-refractivity contribution in [3.05, 3.63) is 73.2 Å². The van der Waals surface area contributed by atoms with Crippen molar-refractivity contribution in [1.82, 2.24) is 4.90 Å². The summed E-state index contributed by atoms with van der Waals surface area (Å²) < 4.78 is 9.93.